The van der Waals surface area contributed by atoms with Crippen LogP contribution >= 0.6 is 15.9 Å². The summed E-state index contributed by atoms with van der Waals surface area (Å²) in [6.07, 6.45) is 1.76. The van der Waals surface area contributed by atoms with Gasteiger partial charge in [0, 0.05) is 12.6 Å². The standard InChI is InChI=1S/C13H14BrN3O2/c1-7-8(9-6-16-17(2)13(9)15)5-10-12(11(7)14)19-4-3-18-10/h5-6H,3-4,15H2,1-2H3. The van der Waals surface area contributed by atoms with E-state index >= 15 is 0 Å². The number of benzene rings is 1. The van der Waals surface area contributed by atoms with E-state index in [2.05, 4.69) is 21.0 Å². The number of fused-ring (bicyclic) bond motifs is 1. The van der Waals surface area contributed by atoms with E-state index in [4.69, 9.17) is 15.2 Å². The zero-order chi connectivity index (χ0) is 13.6. The lowest BCUT2D eigenvalue weighted by Crippen LogP contribution is -2.16. The van der Waals surface area contributed by atoms with E-state index in [1.807, 2.05) is 20.0 Å². The molecule has 1 aromatic heterocycles. The molecule has 0 bridgehead atoms. The zero-order valence-electron chi connectivity index (χ0n) is 10.7. The molecule has 19 heavy (non-hydrogen) atoms. The molecule has 6 heteroatoms. The first kappa shape index (κ1) is 12.3. The summed E-state index contributed by atoms with van der Waals surface area (Å²) in [4.78, 5) is 0. The van der Waals surface area contributed by atoms with E-state index < -0.39 is 0 Å². The van der Waals surface area contributed by atoms with E-state index in [-0.39, 0.29) is 0 Å². The van der Waals surface area contributed by atoms with Crippen LogP contribution in [0.5, 0.6) is 11.5 Å². The maximum atomic E-state index is 6.04. The van der Waals surface area contributed by atoms with Gasteiger partial charge in [0.1, 0.15) is 19.0 Å². The summed E-state index contributed by atoms with van der Waals surface area (Å²) in [6.45, 7) is 3.15. The zero-order valence-corrected chi connectivity index (χ0v) is 12.3. The number of aryl methyl sites for hydroxylation is 1. The number of hydrogen-bond acceptors (Lipinski definition) is 4. The average molecular weight is 324 g/mol. The SMILES string of the molecule is Cc1c(-c2cnn(C)c2N)cc2c(c1Br)OCCO2. The second-order valence-electron chi connectivity index (χ2n) is 4.45. The lowest BCUT2D eigenvalue weighted by Gasteiger charge is -2.22. The van der Waals surface area contributed by atoms with Crippen molar-refractivity contribution in [2.45, 2.75) is 6.92 Å². The van der Waals surface area contributed by atoms with Crippen LogP contribution < -0.4 is 15.2 Å². The van der Waals surface area contributed by atoms with Crippen molar-refractivity contribution in [3.8, 4) is 22.6 Å². The third-order valence-corrected chi connectivity index (χ3v) is 4.25. The van der Waals surface area contributed by atoms with Gasteiger partial charge in [-0.1, -0.05) is 0 Å². The number of halogens is 1. The van der Waals surface area contributed by atoms with Gasteiger partial charge < -0.3 is 15.2 Å². The summed E-state index contributed by atoms with van der Waals surface area (Å²) in [5.41, 5.74) is 9.00. The van der Waals surface area contributed by atoms with Crippen molar-refractivity contribution in [3.05, 3.63) is 22.3 Å². The van der Waals surface area contributed by atoms with Crippen LogP contribution in [0.3, 0.4) is 0 Å². The summed E-state index contributed by atoms with van der Waals surface area (Å²) >= 11 is 3.57. The van der Waals surface area contributed by atoms with Gasteiger partial charge in [0.25, 0.3) is 0 Å². The number of aromatic nitrogens is 2. The lowest BCUT2D eigenvalue weighted by molar-refractivity contribution is 0.170. The third kappa shape index (κ3) is 1.87. The highest BCUT2D eigenvalue weighted by molar-refractivity contribution is 9.10. The summed E-state index contributed by atoms with van der Waals surface area (Å²) in [7, 11) is 1.82. The van der Waals surface area contributed by atoms with E-state index in [0.717, 1.165) is 32.7 Å². The van der Waals surface area contributed by atoms with Crippen LogP contribution in [0, 0.1) is 6.92 Å². The highest BCUT2D eigenvalue weighted by atomic mass is 79.9. The molecule has 0 amide bonds. The van der Waals surface area contributed by atoms with E-state index in [9.17, 15) is 0 Å². The number of anilines is 1. The number of rotatable bonds is 1. The van der Waals surface area contributed by atoms with Crippen LogP contribution in [-0.2, 0) is 7.05 Å². The van der Waals surface area contributed by atoms with Gasteiger partial charge in [-0.05, 0) is 40.0 Å². The van der Waals surface area contributed by atoms with Crippen molar-refractivity contribution >= 4 is 21.7 Å². The van der Waals surface area contributed by atoms with Gasteiger partial charge in [0.05, 0.1) is 10.7 Å². The van der Waals surface area contributed by atoms with E-state index in [1.54, 1.807) is 10.9 Å². The van der Waals surface area contributed by atoms with E-state index in [1.165, 1.54) is 0 Å². The first-order valence-corrected chi connectivity index (χ1v) is 6.75. The number of ether oxygens (including phenoxy) is 2. The normalized spacial score (nSPS) is 13.6. The molecular weight excluding hydrogens is 310 g/mol. The molecular formula is C13H14BrN3O2. The van der Waals surface area contributed by atoms with Crippen LogP contribution in [0.1, 0.15) is 5.56 Å². The molecule has 3 rings (SSSR count). The molecule has 0 unspecified atom stereocenters. The first-order chi connectivity index (χ1) is 9.09. The molecule has 0 aliphatic carbocycles. The lowest BCUT2D eigenvalue weighted by atomic mass is 10.0. The largest absolute Gasteiger partial charge is 0.486 e. The van der Waals surface area contributed by atoms with Gasteiger partial charge in [-0.15, -0.1) is 0 Å². The van der Waals surface area contributed by atoms with Crippen molar-refractivity contribution in [2.24, 2.45) is 7.05 Å². The highest BCUT2D eigenvalue weighted by Gasteiger charge is 2.21. The monoisotopic (exact) mass is 323 g/mol. The summed E-state index contributed by atoms with van der Waals surface area (Å²) in [6, 6.07) is 1.96. The van der Waals surface area contributed by atoms with Crippen molar-refractivity contribution in [3.63, 3.8) is 0 Å². The van der Waals surface area contributed by atoms with Gasteiger partial charge >= 0.3 is 0 Å². The Morgan fingerprint density at radius 1 is 1.32 bits per heavy atom. The van der Waals surface area contributed by atoms with Gasteiger partial charge in [0.2, 0.25) is 0 Å². The predicted molar refractivity (Wildman–Crippen MR) is 76.5 cm³/mol. The first-order valence-electron chi connectivity index (χ1n) is 5.96. The third-order valence-electron chi connectivity index (χ3n) is 3.29. The average Bonchev–Trinajstić information content (AvgIpc) is 2.75. The number of nitrogens with two attached hydrogens (primary N) is 1. The fourth-order valence-corrected chi connectivity index (χ4v) is 2.70. The molecule has 2 N–H and O–H groups in total. The van der Waals surface area contributed by atoms with Crippen LogP contribution in [0.25, 0.3) is 11.1 Å². The smallest absolute Gasteiger partial charge is 0.175 e. The molecule has 0 radical (unpaired) electrons. The Morgan fingerprint density at radius 3 is 2.74 bits per heavy atom. The maximum Gasteiger partial charge on any atom is 0.175 e. The molecule has 5 nitrogen and oxygen atoms in total. The van der Waals surface area contributed by atoms with Gasteiger partial charge in [-0.25, -0.2) is 0 Å². The molecule has 0 saturated carbocycles. The predicted octanol–water partition coefficient (Wildman–Crippen LogP) is 2.51. The van der Waals surface area contributed by atoms with Gasteiger partial charge in [-0.3, -0.25) is 4.68 Å². The van der Waals surface area contributed by atoms with Crippen LogP contribution in [0.15, 0.2) is 16.7 Å². The molecule has 0 saturated heterocycles. The Morgan fingerprint density at radius 2 is 2.05 bits per heavy atom. The minimum atomic E-state index is 0.560. The van der Waals surface area contributed by atoms with Crippen molar-refractivity contribution in [1.29, 1.82) is 0 Å². The Balaban J connectivity index is 2.22. The van der Waals surface area contributed by atoms with Crippen molar-refractivity contribution in [2.75, 3.05) is 18.9 Å². The number of nitrogen functional groups attached to an aromatic ring is 1. The Labute approximate surface area is 119 Å². The van der Waals surface area contributed by atoms with Gasteiger partial charge in [-0.2, -0.15) is 5.10 Å². The molecule has 2 heterocycles. The topological polar surface area (TPSA) is 62.3 Å². The molecule has 0 fully saturated rings. The Kier molecular flexibility index (Phi) is 2.89. The summed E-state index contributed by atoms with van der Waals surface area (Å²) < 4.78 is 13.8. The molecule has 2 aromatic rings. The molecule has 1 aliphatic heterocycles. The maximum absolute atomic E-state index is 6.04. The van der Waals surface area contributed by atoms with Crippen LogP contribution in [-0.4, -0.2) is 23.0 Å². The van der Waals surface area contributed by atoms with Crippen molar-refractivity contribution < 1.29 is 9.47 Å². The van der Waals surface area contributed by atoms with Crippen LogP contribution in [0.4, 0.5) is 5.82 Å². The summed E-state index contributed by atoms with van der Waals surface area (Å²) in [5.74, 6) is 2.13. The van der Waals surface area contributed by atoms with Gasteiger partial charge in [0.15, 0.2) is 11.5 Å². The minimum Gasteiger partial charge on any atom is -0.486 e. The number of hydrogen-bond donors (Lipinski definition) is 1. The second-order valence-corrected chi connectivity index (χ2v) is 5.25. The Bertz CT molecular complexity index is 652. The molecule has 0 spiro atoms. The Hall–Kier alpha value is -1.69. The van der Waals surface area contributed by atoms with Crippen molar-refractivity contribution in [1.82, 2.24) is 9.78 Å². The molecule has 1 aliphatic rings. The molecule has 100 valence electrons. The quantitative estimate of drug-likeness (QED) is 0.875. The number of nitrogens with zero attached hydrogens (tertiary/aromatic N) is 2. The fraction of sp³-hybridized carbons (Fsp3) is 0.308. The van der Waals surface area contributed by atoms with E-state index in [0.29, 0.717) is 19.0 Å². The molecule has 1 aromatic carbocycles. The van der Waals surface area contributed by atoms with Crippen LogP contribution in [0.2, 0.25) is 0 Å². The second kappa shape index (κ2) is 4.45. The molecule has 0 atom stereocenters. The highest BCUT2D eigenvalue weighted by Crippen LogP contribution is 2.45. The summed E-state index contributed by atoms with van der Waals surface area (Å²) in [5, 5.41) is 4.18. The fourth-order valence-electron chi connectivity index (χ4n) is 2.17. The minimum absolute atomic E-state index is 0.560.